The van der Waals surface area contributed by atoms with E-state index in [2.05, 4.69) is 61.8 Å². The predicted octanol–water partition coefficient (Wildman–Crippen LogP) is 8.26. The lowest BCUT2D eigenvalue weighted by atomic mass is 9.78. The third-order valence-electron chi connectivity index (χ3n) is 7.04. The van der Waals surface area contributed by atoms with Crippen LogP contribution >= 0.6 is 0 Å². The van der Waals surface area contributed by atoms with Gasteiger partial charge in [-0.25, -0.2) is 4.39 Å². The van der Waals surface area contributed by atoms with Crippen LogP contribution in [0.15, 0.2) is 67.3 Å². The molecule has 0 unspecified atom stereocenters. The molecule has 0 aliphatic heterocycles. The van der Waals surface area contributed by atoms with Crippen LogP contribution in [-0.2, 0) is 12.8 Å². The Morgan fingerprint density at radius 2 is 1.59 bits per heavy atom. The van der Waals surface area contributed by atoms with Gasteiger partial charge in [-0.1, -0.05) is 68.0 Å². The molecule has 0 amide bonds. The molecule has 4 rings (SSSR count). The number of hydrogen-bond donors (Lipinski definition) is 0. The Labute approximate surface area is 192 Å². The van der Waals surface area contributed by atoms with E-state index in [1.807, 2.05) is 24.3 Å². The molecule has 1 aliphatic rings. The standard InChI is InChI=1S/C31H33F/c1-3-5-24-10-12-26(13-11-24)16-18-28-19-20-29-22-27(17-21-30(29)31(28)32)15-14-25-8-6-23(4-2)7-9-25/h3,6-9,17,19-22,24,26H,1,4-5,10-13,16,18H2,2H3. The minimum Gasteiger partial charge on any atom is -0.206 e. The molecule has 1 saturated carbocycles. The fourth-order valence-electron chi connectivity index (χ4n) is 4.93. The van der Waals surface area contributed by atoms with Crippen molar-refractivity contribution in [2.75, 3.05) is 0 Å². The van der Waals surface area contributed by atoms with Crippen LogP contribution in [0, 0.1) is 29.5 Å². The summed E-state index contributed by atoms with van der Waals surface area (Å²) in [4.78, 5) is 0. The molecule has 1 heteroatoms. The molecule has 0 N–H and O–H groups in total. The van der Waals surface area contributed by atoms with E-state index in [1.54, 1.807) is 0 Å². The van der Waals surface area contributed by atoms with Crippen molar-refractivity contribution >= 4 is 10.8 Å². The maximum Gasteiger partial charge on any atom is 0.134 e. The summed E-state index contributed by atoms with van der Waals surface area (Å²) in [5.74, 6) is 7.94. The van der Waals surface area contributed by atoms with Crippen molar-refractivity contribution in [2.24, 2.45) is 11.8 Å². The molecular weight excluding hydrogens is 391 g/mol. The molecular formula is C31H33F. The molecule has 1 fully saturated rings. The van der Waals surface area contributed by atoms with Gasteiger partial charge < -0.3 is 0 Å². The second kappa shape index (κ2) is 10.6. The first kappa shape index (κ1) is 22.3. The summed E-state index contributed by atoms with van der Waals surface area (Å²) in [5.41, 5.74) is 4.08. The summed E-state index contributed by atoms with van der Waals surface area (Å²) in [5, 5.41) is 1.62. The van der Waals surface area contributed by atoms with Crippen LogP contribution in [0.2, 0.25) is 0 Å². The average Bonchev–Trinajstić information content (AvgIpc) is 2.84. The maximum absolute atomic E-state index is 15.2. The highest BCUT2D eigenvalue weighted by atomic mass is 19.1. The second-order valence-electron chi connectivity index (χ2n) is 9.22. The third-order valence-corrected chi connectivity index (χ3v) is 7.04. The smallest absolute Gasteiger partial charge is 0.134 e. The van der Waals surface area contributed by atoms with Gasteiger partial charge in [-0.15, -0.1) is 6.58 Å². The van der Waals surface area contributed by atoms with Crippen LogP contribution in [0.4, 0.5) is 4.39 Å². The fourth-order valence-corrected chi connectivity index (χ4v) is 4.93. The summed E-state index contributed by atoms with van der Waals surface area (Å²) in [6.07, 6.45) is 11.3. The van der Waals surface area contributed by atoms with Gasteiger partial charge in [0.15, 0.2) is 0 Å². The van der Waals surface area contributed by atoms with Crippen LogP contribution in [0.25, 0.3) is 10.8 Å². The van der Waals surface area contributed by atoms with Gasteiger partial charge in [0.25, 0.3) is 0 Å². The number of benzene rings is 3. The minimum atomic E-state index is -0.0579. The Bertz CT molecular complexity index is 1120. The molecule has 0 spiro atoms. The second-order valence-corrected chi connectivity index (χ2v) is 9.22. The van der Waals surface area contributed by atoms with Gasteiger partial charge >= 0.3 is 0 Å². The first-order valence-electron chi connectivity index (χ1n) is 12.1. The molecule has 32 heavy (non-hydrogen) atoms. The summed E-state index contributed by atoms with van der Waals surface area (Å²) in [7, 11) is 0. The number of aryl methyl sites for hydroxylation is 2. The van der Waals surface area contributed by atoms with Crippen molar-refractivity contribution in [2.45, 2.75) is 58.3 Å². The zero-order valence-electron chi connectivity index (χ0n) is 19.2. The highest BCUT2D eigenvalue weighted by molar-refractivity contribution is 5.85. The topological polar surface area (TPSA) is 0 Å². The van der Waals surface area contributed by atoms with Crippen LogP contribution in [-0.4, -0.2) is 0 Å². The van der Waals surface area contributed by atoms with Crippen molar-refractivity contribution in [3.63, 3.8) is 0 Å². The quantitative estimate of drug-likeness (QED) is 0.276. The van der Waals surface area contributed by atoms with Crippen LogP contribution in [0.3, 0.4) is 0 Å². The van der Waals surface area contributed by atoms with Gasteiger partial charge in [0.05, 0.1) is 0 Å². The molecule has 0 bridgehead atoms. The van der Waals surface area contributed by atoms with E-state index in [4.69, 9.17) is 0 Å². The van der Waals surface area contributed by atoms with E-state index in [-0.39, 0.29) is 5.82 Å². The first-order chi connectivity index (χ1) is 15.7. The molecule has 1 aliphatic carbocycles. The van der Waals surface area contributed by atoms with Gasteiger partial charge in [-0.05, 0) is 91.1 Å². The molecule has 0 saturated heterocycles. The van der Waals surface area contributed by atoms with Crippen LogP contribution < -0.4 is 0 Å². The molecule has 3 aromatic rings. The lowest BCUT2D eigenvalue weighted by Gasteiger charge is -2.28. The first-order valence-corrected chi connectivity index (χ1v) is 12.1. The average molecular weight is 425 g/mol. The summed E-state index contributed by atoms with van der Waals surface area (Å²) < 4.78 is 15.2. The molecule has 164 valence electrons. The molecule has 0 atom stereocenters. The number of rotatable bonds is 6. The zero-order chi connectivity index (χ0) is 22.3. The van der Waals surface area contributed by atoms with E-state index in [0.717, 1.165) is 59.6 Å². The van der Waals surface area contributed by atoms with E-state index in [0.29, 0.717) is 5.39 Å². The minimum absolute atomic E-state index is 0.0579. The summed E-state index contributed by atoms with van der Waals surface area (Å²) >= 11 is 0. The third kappa shape index (κ3) is 5.49. The largest absolute Gasteiger partial charge is 0.206 e. The highest BCUT2D eigenvalue weighted by Gasteiger charge is 2.20. The van der Waals surface area contributed by atoms with E-state index < -0.39 is 0 Å². The maximum atomic E-state index is 15.2. The van der Waals surface area contributed by atoms with Gasteiger partial charge in [-0.3, -0.25) is 0 Å². The van der Waals surface area contributed by atoms with Gasteiger partial charge in [0.2, 0.25) is 0 Å². The van der Waals surface area contributed by atoms with E-state index >= 15 is 4.39 Å². The fraction of sp³-hybridized carbons (Fsp3) is 0.355. The molecule has 0 heterocycles. The van der Waals surface area contributed by atoms with Crippen LogP contribution in [0.5, 0.6) is 0 Å². The Hall–Kier alpha value is -2.85. The zero-order valence-corrected chi connectivity index (χ0v) is 19.2. The number of hydrogen-bond acceptors (Lipinski definition) is 0. The van der Waals surface area contributed by atoms with Crippen molar-refractivity contribution in [3.05, 3.63) is 95.3 Å². The number of fused-ring (bicyclic) bond motifs is 1. The molecule has 3 aromatic carbocycles. The van der Waals surface area contributed by atoms with Crippen molar-refractivity contribution in [1.29, 1.82) is 0 Å². The number of halogens is 1. The lowest BCUT2D eigenvalue weighted by Crippen LogP contribution is -2.15. The molecule has 0 radical (unpaired) electrons. The van der Waals surface area contributed by atoms with Gasteiger partial charge in [0, 0.05) is 16.5 Å². The monoisotopic (exact) mass is 424 g/mol. The Morgan fingerprint density at radius 1 is 0.906 bits per heavy atom. The van der Waals surface area contributed by atoms with Crippen LogP contribution in [0.1, 0.15) is 67.7 Å². The van der Waals surface area contributed by atoms with Crippen molar-refractivity contribution in [3.8, 4) is 11.8 Å². The Kier molecular flexibility index (Phi) is 7.43. The molecule has 0 nitrogen and oxygen atoms in total. The summed E-state index contributed by atoms with van der Waals surface area (Å²) in [6, 6.07) is 18.2. The van der Waals surface area contributed by atoms with Gasteiger partial charge in [0.1, 0.15) is 5.82 Å². The van der Waals surface area contributed by atoms with E-state index in [9.17, 15) is 0 Å². The Balaban J connectivity index is 1.42. The van der Waals surface area contributed by atoms with Crippen molar-refractivity contribution < 1.29 is 4.39 Å². The molecule has 0 aromatic heterocycles. The SMILES string of the molecule is C=CCC1CCC(CCc2ccc3cc(C#Cc4ccc(CC)cc4)ccc3c2F)CC1. The summed E-state index contributed by atoms with van der Waals surface area (Å²) in [6.45, 7) is 6.02. The Morgan fingerprint density at radius 3 is 2.31 bits per heavy atom. The van der Waals surface area contributed by atoms with Gasteiger partial charge in [-0.2, -0.15) is 0 Å². The predicted molar refractivity (Wildman–Crippen MR) is 134 cm³/mol. The van der Waals surface area contributed by atoms with E-state index in [1.165, 1.54) is 31.2 Å². The highest BCUT2D eigenvalue weighted by Crippen LogP contribution is 2.34. The lowest BCUT2D eigenvalue weighted by molar-refractivity contribution is 0.264. The normalized spacial score (nSPS) is 18.2. The van der Waals surface area contributed by atoms with Crippen molar-refractivity contribution in [1.82, 2.24) is 0 Å². The number of allylic oxidation sites excluding steroid dienone is 1.